The van der Waals surface area contributed by atoms with Gasteiger partial charge in [-0.1, -0.05) is 42.5 Å². The smallest absolute Gasteiger partial charge is 0.295 e. The second-order valence-electron chi connectivity index (χ2n) is 6.91. The summed E-state index contributed by atoms with van der Waals surface area (Å²) in [4.78, 5) is 12.8. The third-order valence-electron chi connectivity index (χ3n) is 4.69. The number of aliphatic hydroxyl groups is 1. The summed E-state index contributed by atoms with van der Waals surface area (Å²) in [6.45, 7) is 3.80. The van der Waals surface area contributed by atoms with Crippen LogP contribution in [0.15, 0.2) is 84.4 Å². The van der Waals surface area contributed by atoms with E-state index in [0.717, 1.165) is 11.3 Å². The first-order valence-corrected chi connectivity index (χ1v) is 9.66. The van der Waals surface area contributed by atoms with Gasteiger partial charge in [0.25, 0.3) is 5.56 Å². The van der Waals surface area contributed by atoms with E-state index >= 15 is 0 Å². The van der Waals surface area contributed by atoms with Crippen LogP contribution in [0.5, 0.6) is 5.75 Å². The fourth-order valence-electron chi connectivity index (χ4n) is 3.20. The Bertz CT molecular complexity index is 1210. The van der Waals surface area contributed by atoms with E-state index in [4.69, 9.17) is 4.74 Å². The molecule has 30 heavy (non-hydrogen) atoms. The number of para-hydroxylation sites is 2. The van der Waals surface area contributed by atoms with Crippen LogP contribution in [0, 0.1) is 0 Å². The summed E-state index contributed by atoms with van der Waals surface area (Å²) in [6.07, 6.45) is 4.91. The number of allylic oxidation sites excluding steroid dienone is 1. The molecule has 4 rings (SSSR count). The van der Waals surface area contributed by atoms with Crippen molar-refractivity contribution >= 4 is 10.9 Å². The third kappa shape index (κ3) is 4.16. The van der Waals surface area contributed by atoms with Gasteiger partial charge in [-0.25, -0.2) is 9.36 Å². The van der Waals surface area contributed by atoms with E-state index in [1.165, 1.54) is 4.68 Å². The van der Waals surface area contributed by atoms with Crippen molar-refractivity contribution in [3.8, 4) is 11.4 Å². The van der Waals surface area contributed by atoms with Crippen molar-refractivity contribution in [2.24, 2.45) is 0 Å². The molecule has 0 fully saturated rings. The monoisotopic (exact) mass is 402 g/mol. The summed E-state index contributed by atoms with van der Waals surface area (Å²) in [5.41, 5.74) is 1.79. The van der Waals surface area contributed by atoms with E-state index in [2.05, 4.69) is 16.8 Å². The quantitative estimate of drug-likeness (QED) is 0.458. The van der Waals surface area contributed by atoms with Gasteiger partial charge < -0.3 is 9.84 Å². The number of ether oxygens (including phenoxy) is 1. The fraction of sp³-hybridized carbons (Fsp3) is 0.174. The molecule has 0 bridgehead atoms. The molecule has 0 radical (unpaired) electrons. The molecule has 0 aliphatic carbocycles. The number of nitrogens with zero attached hydrogens (tertiary/aromatic N) is 4. The molecule has 4 aromatic rings. The van der Waals surface area contributed by atoms with E-state index in [0.29, 0.717) is 23.1 Å². The molecule has 0 amide bonds. The predicted octanol–water partition coefficient (Wildman–Crippen LogP) is 2.75. The van der Waals surface area contributed by atoms with E-state index in [1.54, 1.807) is 23.2 Å². The van der Waals surface area contributed by atoms with E-state index < -0.39 is 6.10 Å². The topological polar surface area (TPSA) is 82.2 Å². The Morgan fingerprint density at radius 1 is 1.13 bits per heavy atom. The van der Waals surface area contributed by atoms with Crippen LogP contribution in [-0.2, 0) is 13.0 Å². The molecule has 2 aromatic heterocycles. The molecule has 1 atom stereocenters. The number of hydrogen-bond acceptors (Lipinski definition) is 5. The van der Waals surface area contributed by atoms with E-state index in [-0.39, 0.29) is 18.7 Å². The molecule has 1 unspecified atom stereocenters. The summed E-state index contributed by atoms with van der Waals surface area (Å²) < 4.78 is 8.62. The number of aliphatic hydroxyl groups excluding tert-OH is 1. The lowest BCUT2D eigenvalue weighted by molar-refractivity contribution is 0.0877. The van der Waals surface area contributed by atoms with Crippen LogP contribution in [0.3, 0.4) is 0 Å². The highest BCUT2D eigenvalue weighted by molar-refractivity contribution is 5.76. The number of hydrogen-bond donors (Lipinski definition) is 1. The van der Waals surface area contributed by atoms with Crippen molar-refractivity contribution in [3.05, 3.63) is 95.6 Å². The van der Waals surface area contributed by atoms with Crippen LogP contribution < -0.4 is 10.3 Å². The first-order valence-electron chi connectivity index (χ1n) is 9.66. The zero-order chi connectivity index (χ0) is 20.9. The van der Waals surface area contributed by atoms with Crippen molar-refractivity contribution in [2.45, 2.75) is 19.1 Å². The Morgan fingerprint density at radius 3 is 2.70 bits per heavy atom. The minimum atomic E-state index is -0.902. The molecule has 2 aromatic carbocycles. The maximum atomic E-state index is 12.8. The van der Waals surface area contributed by atoms with Gasteiger partial charge in [-0.3, -0.25) is 4.79 Å². The molecule has 7 heteroatoms. The van der Waals surface area contributed by atoms with Crippen LogP contribution in [0.2, 0.25) is 0 Å². The molecule has 0 aliphatic heterocycles. The maximum absolute atomic E-state index is 12.8. The van der Waals surface area contributed by atoms with Gasteiger partial charge in [0.1, 0.15) is 18.5 Å². The largest absolute Gasteiger partial charge is 0.491 e. The summed E-state index contributed by atoms with van der Waals surface area (Å²) in [7, 11) is 0. The van der Waals surface area contributed by atoms with E-state index in [1.807, 2.05) is 54.6 Å². The number of rotatable bonds is 8. The molecular formula is C23H22N4O3. The lowest BCUT2D eigenvalue weighted by atomic mass is 10.1. The van der Waals surface area contributed by atoms with Gasteiger partial charge in [-0.15, -0.1) is 6.58 Å². The molecule has 0 saturated carbocycles. The Labute approximate surface area is 173 Å². The Hall–Kier alpha value is -3.71. The Balaban J connectivity index is 1.49. The second-order valence-corrected chi connectivity index (χ2v) is 6.91. The summed E-state index contributed by atoms with van der Waals surface area (Å²) in [5, 5.41) is 19.6. The highest BCUT2D eigenvalue weighted by atomic mass is 16.5. The Morgan fingerprint density at radius 2 is 1.90 bits per heavy atom. The lowest BCUT2D eigenvalue weighted by Gasteiger charge is -2.15. The highest BCUT2D eigenvalue weighted by Gasteiger charge is 2.14. The van der Waals surface area contributed by atoms with Crippen LogP contribution in [-0.4, -0.2) is 37.4 Å². The van der Waals surface area contributed by atoms with Crippen molar-refractivity contribution in [2.75, 3.05) is 6.61 Å². The number of fused-ring (bicyclic) bond motifs is 1. The molecule has 152 valence electrons. The molecule has 0 spiro atoms. The minimum absolute atomic E-state index is 0.0105. The zero-order valence-corrected chi connectivity index (χ0v) is 16.4. The normalized spacial score (nSPS) is 12.0. The molecule has 7 nitrogen and oxygen atoms in total. The Kier molecular flexibility index (Phi) is 5.72. The van der Waals surface area contributed by atoms with Crippen LogP contribution in [0.4, 0.5) is 0 Å². The van der Waals surface area contributed by atoms with Gasteiger partial charge in [0.2, 0.25) is 0 Å². The summed E-state index contributed by atoms with van der Waals surface area (Å²) in [5.74, 6) is 0.689. The van der Waals surface area contributed by atoms with Crippen molar-refractivity contribution in [3.63, 3.8) is 0 Å². The average Bonchev–Trinajstić information content (AvgIpc) is 3.21. The van der Waals surface area contributed by atoms with Crippen LogP contribution in [0.1, 0.15) is 5.56 Å². The van der Waals surface area contributed by atoms with Gasteiger partial charge >= 0.3 is 0 Å². The second kappa shape index (κ2) is 8.75. The van der Waals surface area contributed by atoms with Crippen molar-refractivity contribution in [1.82, 2.24) is 19.6 Å². The third-order valence-corrected chi connectivity index (χ3v) is 4.69. The lowest BCUT2D eigenvalue weighted by Crippen LogP contribution is -2.32. The number of aromatic nitrogens is 4. The predicted molar refractivity (Wildman–Crippen MR) is 115 cm³/mol. The van der Waals surface area contributed by atoms with Gasteiger partial charge in [0.15, 0.2) is 5.52 Å². The first kappa shape index (κ1) is 19.6. The zero-order valence-electron chi connectivity index (χ0n) is 16.4. The van der Waals surface area contributed by atoms with Crippen molar-refractivity contribution < 1.29 is 9.84 Å². The highest BCUT2D eigenvalue weighted by Crippen LogP contribution is 2.19. The standard InChI is InChI=1S/C23H22N4O3/c1-2-8-17-9-6-7-12-21(17)30-16-20(28)15-27-23(29)22-18(13-24-27)14-26(25-22)19-10-4-3-5-11-19/h2-7,9-14,20,28H,1,8,15-16H2. The molecule has 0 aliphatic rings. The van der Waals surface area contributed by atoms with Gasteiger partial charge in [-0.2, -0.15) is 10.2 Å². The van der Waals surface area contributed by atoms with Crippen LogP contribution in [0.25, 0.3) is 16.6 Å². The van der Waals surface area contributed by atoms with Gasteiger partial charge in [-0.05, 0) is 30.2 Å². The first-order chi connectivity index (χ1) is 14.7. The average molecular weight is 402 g/mol. The SMILES string of the molecule is C=CCc1ccccc1OCC(O)Cn1ncc2cn(-c3ccccc3)nc2c1=O. The molecule has 0 saturated heterocycles. The van der Waals surface area contributed by atoms with Crippen LogP contribution >= 0.6 is 0 Å². The molecule has 2 heterocycles. The van der Waals surface area contributed by atoms with Gasteiger partial charge in [0, 0.05) is 11.6 Å². The van der Waals surface area contributed by atoms with Crippen molar-refractivity contribution in [1.29, 1.82) is 0 Å². The van der Waals surface area contributed by atoms with Gasteiger partial charge in [0.05, 0.1) is 18.4 Å². The summed E-state index contributed by atoms with van der Waals surface area (Å²) >= 11 is 0. The molecule has 1 N–H and O–H groups in total. The summed E-state index contributed by atoms with van der Waals surface area (Å²) in [6, 6.07) is 17.1. The minimum Gasteiger partial charge on any atom is -0.491 e. The van der Waals surface area contributed by atoms with E-state index in [9.17, 15) is 9.90 Å². The fourth-order valence-corrected chi connectivity index (χ4v) is 3.20. The molecular weight excluding hydrogens is 380 g/mol. The number of benzene rings is 2. The maximum Gasteiger partial charge on any atom is 0.295 e.